The monoisotopic (exact) mass is 402 g/mol. The fourth-order valence-electron chi connectivity index (χ4n) is 3.51. The molecule has 5 heteroatoms. The molecule has 0 unspecified atom stereocenters. The summed E-state index contributed by atoms with van der Waals surface area (Å²) in [5.41, 5.74) is 4.76. The highest BCUT2D eigenvalue weighted by Gasteiger charge is 2.34. The van der Waals surface area contributed by atoms with Gasteiger partial charge in [0.25, 0.3) is 0 Å². The van der Waals surface area contributed by atoms with Crippen LogP contribution in [0.2, 0.25) is 5.02 Å². The molecule has 2 heterocycles. The zero-order chi connectivity index (χ0) is 20.3. The number of hydrogen-bond acceptors (Lipinski definition) is 4. The molecule has 142 valence electrons. The Morgan fingerprint density at radius 3 is 2.17 bits per heavy atom. The predicted molar refractivity (Wildman–Crippen MR) is 111 cm³/mol. The van der Waals surface area contributed by atoms with Gasteiger partial charge in [0.1, 0.15) is 11.5 Å². The molecular formula is C24H15ClO4. The molecule has 0 fully saturated rings. The topological polar surface area (TPSA) is 60.4 Å². The Morgan fingerprint density at radius 2 is 1.48 bits per heavy atom. The Balaban J connectivity index is 1.51. The molecule has 1 aliphatic rings. The van der Waals surface area contributed by atoms with Crippen LogP contribution >= 0.6 is 11.6 Å². The van der Waals surface area contributed by atoms with Gasteiger partial charge in [0.05, 0.1) is 5.57 Å². The maximum absolute atomic E-state index is 12.7. The summed E-state index contributed by atoms with van der Waals surface area (Å²) in [5.74, 6) is 0.420. The second-order valence-electron chi connectivity index (χ2n) is 7.22. The van der Waals surface area contributed by atoms with Gasteiger partial charge < -0.3 is 8.83 Å². The predicted octanol–water partition coefficient (Wildman–Crippen LogP) is 6.43. The van der Waals surface area contributed by atoms with Crippen LogP contribution in [-0.2, 0) is 0 Å². The first-order valence-corrected chi connectivity index (χ1v) is 9.50. The van der Waals surface area contributed by atoms with E-state index in [4.69, 9.17) is 20.4 Å². The SMILES string of the molecule is Cc1ccc(-c2cc3oc(/C=C4/C(=O)c5cc(C)c(Cl)cc5C4=O)cc3o2)cc1. The molecule has 0 N–H and O–H groups in total. The number of Topliss-reactive ketones (excluding diaryl/α,β-unsaturated/α-hetero) is 2. The number of benzene rings is 2. The smallest absolute Gasteiger partial charge is 0.197 e. The van der Waals surface area contributed by atoms with Gasteiger partial charge in [-0.1, -0.05) is 41.4 Å². The quantitative estimate of drug-likeness (QED) is 0.286. The largest absolute Gasteiger partial charge is 0.453 e. The summed E-state index contributed by atoms with van der Waals surface area (Å²) in [6, 6.07) is 14.7. The number of hydrogen-bond donors (Lipinski definition) is 0. The molecule has 0 amide bonds. The molecule has 29 heavy (non-hydrogen) atoms. The van der Waals surface area contributed by atoms with E-state index in [2.05, 4.69) is 0 Å². The number of furan rings is 2. The fourth-order valence-corrected chi connectivity index (χ4v) is 3.67. The second-order valence-corrected chi connectivity index (χ2v) is 7.62. The number of halogens is 1. The van der Waals surface area contributed by atoms with Crippen LogP contribution in [0, 0.1) is 13.8 Å². The summed E-state index contributed by atoms with van der Waals surface area (Å²) < 4.78 is 11.7. The number of carbonyl (C=O) groups is 2. The first kappa shape index (κ1) is 17.7. The van der Waals surface area contributed by atoms with E-state index in [1.807, 2.05) is 31.2 Å². The molecule has 0 spiro atoms. The lowest BCUT2D eigenvalue weighted by atomic mass is 10.1. The van der Waals surface area contributed by atoms with Gasteiger partial charge in [-0.15, -0.1) is 0 Å². The molecule has 0 radical (unpaired) electrons. The molecule has 0 aliphatic heterocycles. The lowest BCUT2D eigenvalue weighted by Crippen LogP contribution is -1.99. The molecule has 4 aromatic rings. The van der Waals surface area contributed by atoms with E-state index >= 15 is 0 Å². The van der Waals surface area contributed by atoms with Crippen molar-refractivity contribution >= 4 is 40.4 Å². The van der Waals surface area contributed by atoms with Gasteiger partial charge in [0.15, 0.2) is 22.7 Å². The number of allylic oxidation sites excluding steroid dienone is 1. The fraction of sp³-hybridized carbons (Fsp3) is 0.0833. The Bertz CT molecular complexity index is 1280. The Hall–Kier alpha value is -3.37. The first-order chi connectivity index (χ1) is 13.9. The maximum atomic E-state index is 12.7. The molecule has 0 saturated carbocycles. The van der Waals surface area contributed by atoms with Crippen LogP contribution in [0.25, 0.3) is 28.6 Å². The van der Waals surface area contributed by atoms with Gasteiger partial charge in [-0.25, -0.2) is 0 Å². The van der Waals surface area contributed by atoms with E-state index in [0.717, 1.165) is 11.1 Å². The number of ketones is 2. The summed E-state index contributed by atoms with van der Waals surface area (Å²) in [7, 11) is 0. The van der Waals surface area contributed by atoms with Crippen LogP contribution in [0.1, 0.15) is 37.6 Å². The van der Waals surface area contributed by atoms with Crippen molar-refractivity contribution in [2.24, 2.45) is 0 Å². The van der Waals surface area contributed by atoms with Crippen molar-refractivity contribution in [3.05, 3.63) is 87.1 Å². The Labute approximate surface area is 171 Å². The minimum Gasteiger partial charge on any atom is -0.453 e. The molecular weight excluding hydrogens is 388 g/mol. The van der Waals surface area contributed by atoms with Crippen molar-refractivity contribution in [3.63, 3.8) is 0 Å². The minimum absolute atomic E-state index is 0.0665. The third kappa shape index (κ3) is 2.84. The number of aryl methyl sites for hydroxylation is 2. The average Bonchev–Trinajstić information content (AvgIpc) is 3.31. The summed E-state index contributed by atoms with van der Waals surface area (Å²) >= 11 is 6.11. The van der Waals surface area contributed by atoms with E-state index in [0.29, 0.717) is 38.8 Å². The van der Waals surface area contributed by atoms with Gasteiger partial charge in [-0.05, 0) is 37.6 Å². The molecule has 2 aromatic carbocycles. The molecule has 2 aromatic heterocycles. The van der Waals surface area contributed by atoms with E-state index in [9.17, 15) is 9.59 Å². The lowest BCUT2D eigenvalue weighted by Gasteiger charge is -2.00. The maximum Gasteiger partial charge on any atom is 0.197 e. The van der Waals surface area contributed by atoms with Crippen LogP contribution in [0.4, 0.5) is 0 Å². The molecule has 0 saturated heterocycles. The molecule has 0 bridgehead atoms. The second kappa shape index (κ2) is 6.33. The van der Waals surface area contributed by atoms with Crippen LogP contribution in [-0.4, -0.2) is 11.6 Å². The number of carbonyl (C=O) groups excluding carboxylic acids is 2. The van der Waals surface area contributed by atoms with Crippen molar-refractivity contribution in [3.8, 4) is 11.3 Å². The van der Waals surface area contributed by atoms with E-state index in [-0.39, 0.29) is 17.1 Å². The first-order valence-electron chi connectivity index (χ1n) is 9.12. The van der Waals surface area contributed by atoms with Crippen molar-refractivity contribution in [2.75, 3.05) is 0 Å². The van der Waals surface area contributed by atoms with E-state index in [1.165, 1.54) is 11.6 Å². The standard InChI is InChI=1S/C24H15ClO4/c1-12-3-5-14(6-4-12)20-11-22-21(29-20)9-15(28-22)8-18-23(26)16-7-13(2)19(25)10-17(16)24(18)27/h3-11H,1-2H3/b18-8-. The lowest BCUT2D eigenvalue weighted by molar-refractivity contribution is 0.0990. The van der Waals surface area contributed by atoms with Crippen LogP contribution < -0.4 is 0 Å². The van der Waals surface area contributed by atoms with E-state index < -0.39 is 0 Å². The van der Waals surface area contributed by atoms with Crippen molar-refractivity contribution in [2.45, 2.75) is 13.8 Å². The van der Waals surface area contributed by atoms with Crippen LogP contribution in [0.15, 0.2) is 62.9 Å². The highest BCUT2D eigenvalue weighted by molar-refractivity contribution is 6.42. The average molecular weight is 403 g/mol. The van der Waals surface area contributed by atoms with Gasteiger partial charge in [0, 0.05) is 33.8 Å². The van der Waals surface area contributed by atoms with Gasteiger partial charge >= 0.3 is 0 Å². The van der Waals surface area contributed by atoms with Gasteiger partial charge in [0.2, 0.25) is 0 Å². The van der Waals surface area contributed by atoms with Crippen LogP contribution in [0.3, 0.4) is 0 Å². The highest BCUT2D eigenvalue weighted by Crippen LogP contribution is 2.34. The van der Waals surface area contributed by atoms with Gasteiger partial charge in [-0.3, -0.25) is 9.59 Å². The van der Waals surface area contributed by atoms with Gasteiger partial charge in [-0.2, -0.15) is 0 Å². The summed E-state index contributed by atoms with van der Waals surface area (Å²) in [5, 5.41) is 0.463. The van der Waals surface area contributed by atoms with E-state index in [1.54, 1.807) is 31.2 Å². The number of fused-ring (bicyclic) bond motifs is 2. The summed E-state index contributed by atoms with van der Waals surface area (Å²) in [6.45, 7) is 3.82. The van der Waals surface area contributed by atoms with Crippen molar-refractivity contribution in [1.82, 2.24) is 0 Å². The third-order valence-corrected chi connectivity index (χ3v) is 5.53. The normalized spacial score (nSPS) is 14.9. The summed E-state index contributed by atoms with van der Waals surface area (Å²) in [6.07, 6.45) is 1.47. The number of rotatable bonds is 2. The Morgan fingerprint density at radius 1 is 0.828 bits per heavy atom. The molecule has 0 atom stereocenters. The van der Waals surface area contributed by atoms with Crippen molar-refractivity contribution < 1.29 is 18.4 Å². The molecule has 4 nitrogen and oxygen atoms in total. The van der Waals surface area contributed by atoms with Crippen LogP contribution in [0.5, 0.6) is 0 Å². The minimum atomic E-state index is -0.347. The molecule has 5 rings (SSSR count). The molecule has 1 aliphatic carbocycles. The zero-order valence-corrected chi connectivity index (χ0v) is 16.5. The van der Waals surface area contributed by atoms with Crippen molar-refractivity contribution in [1.29, 1.82) is 0 Å². The third-order valence-electron chi connectivity index (χ3n) is 5.13. The highest BCUT2D eigenvalue weighted by atomic mass is 35.5. The zero-order valence-electron chi connectivity index (χ0n) is 15.7. The Kier molecular flexibility index (Phi) is 3.86. The summed E-state index contributed by atoms with van der Waals surface area (Å²) in [4.78, 5) is 25.4.